The summed E-state index contributed by atoms with van der Waals surface area (Å²) in [6.07, 6.45) is 2.71. The van der Waals surface area contributed by atoms with Gasteiger partial charge in [-0.3, -0.25) is 0 Å². The van der Waals surface area contributed by atoms with E-state index < -0.39 is 0 Å². The molecule has 2 N–H and O–H groups in total. The number of H-pyrrole nitrogens is 1. The van der Waals surface area contributed by atoms with Gasteiger partial charge in [0.05, 0.1) is 6.33 Å². The van der Waals surface area contributed by atoms with Crippen molar-refractivity contribution in [2.24, 2.45) is 0 Å². The monoisotopic (exact) mass is 237 g/mol. The molecule has 0 bridgehead atoms. The van der Waals surface area contributed by atoms with Crippen LogP contribution in [0.2, 0.25) is 0 Å². The maximum atomic E-state index is 4.47. The lowest BCUT2D eigenvalue weighted by molar-refractivity contribution is 0.944. The fraction of sp³-hybridized carbons (Fsp3) is 0.500. The van der Waals surface area contributed by atoms with Crippen LogP contribution in [0.5, 0.6) is 0 Å². The first-order valence-corrected chi connectivity index (χ1v) is 6.41. The Morgan fingerprint density at radius 1 is 1.38 bits per heavy atom. The number of hydrogen-bond acceptors (Lipinski definition) is 5. The molecule has 0 aliphatic heterocycles. The zero-order chi connectivity index (χ0) is 11.4. The number of nitrogens with one attached hydrogen (secondary N) is 2. The Balaban J connectivity index is 2.36. The molecule has 0 saturated carbocycles. The standard InChI is InChI=1S/C10H15N5S/c1-3-5-11-10-14-8-7(12-6-13-8)9(15-10)16-4-2/h6H,3-5H2,1-2H3,(H2,11,12,13,14,15). The molecule has 6 heteroatoms. The van der Waals surface area contributed by atoms with Crippen LogP contribution in [0.25, 0.3) is 11.2 Å². The summed E-state index contributed by atoms with van der Waals surface area (Å²) in [5.74, 6) is 1.65. The second kappa shape index (κ2) is 5.16. The predicted molar refractivity (Wildman–Crippen MR) is 66.9 cm³/mol. The molecule has 0 aliphatic carbocycles. The highest BCUT2D eigenvalue weighted by molar-refractivity contribution is 7.99. The van der Waals surface area contributed by atoms with Gasteiger partial charge in [0.15, 0.2) is 5.65 Å². The first-order chi connectivity index (χ1) is 7.85. The number of rotatable bonds is 5. The number of nitrogens with zero attached hydrogens (tertiary/aromatic N) is 3. The summed E-state index contributed by atoms with van der Waals surface area (Å²) >= 11 is 1.69. The molecule has 2 heterocycles. The third-order valence-electron chi connectivity index (χ3n) is 2.07. The maximum absolute atomic E-state index is 4.47. The van der Waals surface area contributed by atoms with Gasteiger partial charge in [-0.15, -0.1) is 11.8 Å². The van der Waals surface area contributed by atoms with Crippen LogP contribution in [0.1, 0.15) is 20.3 Å². The zero-order valence-electron chi connectivity index (χ0n) is 9.45. The Kier molecular flexibility index (Phi) is 3.61. The van der Waals surface area contributed by atoms with Gasteiger partial charge < -0.3 is 10.3 Å². The molecule has 0 unspecified atom stereocenters. The van der Waals surface area contributed by atoms with E-state index in [0.717, 1.165) is 34.9 Å². The van der Waals surface area contributed by atoms with E-state index in [4.69, 9.17) is 0 Å². The normalized spacial score (nSPS) is 10.9. The molecule has 0 atom stereocenters. The molecule has 0 radical (unpaired) electrons. The van der Waals surface area contributed by atoms with Crippen molar-refractivity contribution in [2.45, 2.75) is 25.3 Å². The van der Waals surface area contributed by atoms with Gasteiger partial charge in [0.2, 0.25) is 5.95 Å². The quantitative estimate of drug-likeness (QED) is 0.617. The van der Waals surface area contributed by atoms with E-state index in [0.29, 0.717) is 5.95 Å². The minimum Gasteiger partial charge on any atom is -0.354 e. The van der Waals surface area contributed by atoms with E-state index in [2.05, 4.69) is 39.1 Å². The van der Waals surface area contributed by atoms with Gasteiger partial charge in [0, 0.05) is 6.54 Å². The second-order valence-electron chi connectivity index (χ2n) is 3.31. The lowest BCUT2D eigenvalue weighted by Crippen LogP contribution is -2.05. The summed E-state index contributed by atoms with van der Waals surface area (Å²) in [6, 6.07) is 0. The van der Waals surface area contributed by atoms with Crippen LogP contribution >= 0.6 is 11.8 Å². The Morgan fingerprint density at radius 3 is 3.00 bits per heavy atom. The molecule has 0 fully saturated rings. The lowest BCUT2D eigenvalue weighted by Gasteiger charge is -2.05. The van der Waals surface area contributed by atoms with E-state index >= 15 is 0 Å². The van der Waals surface area contributed by atoms with Gasteiger partial charge >= 0.3 is 0 Å². The van der Waals surface area contributed by atoms with Crippen LogP contribution in [0, 0.1) is 0 Å². The number of thioether (sulfide) groups is 1. The van der Waals surface area contributed by atoms with Crippen LogP contribution in [-0.4, -0.2) is 32.2 Å². The molecule has 0 amide bonds. The molecule has 0 aromatic carbocycles. The van der Waals surface area contributed by atoms with Crippen LogP contribution in [0.15, 0.2) is 11.4 Å². The van der Waals surface area contributed by atoms with Gasteiger partial charge in [0.25, 0.3) is 0 Å². The summed E-state index contributed by atoms with van der Waals surface area (Å²) in [7, 11) is 0. The summed E-state index contributed by atoms with van der Waals surface area (Å²) in [4.78, 5) is 16.0. The van der Waals surface area contributed by atoms with Crippen molar-refractivity contribution in [3.63, 3.8) is 0 Å². The minimum atomic E-state index is 0.664. The van der Waals surface area contributed by atoms with Crippen molar-refractivity contribution in [1.29, 1.82) is 0 Å². The molecule has 2 rings (SSSR count). The maximum Gasteiger partial charge on any atom is 0.225 e. The fourth-order valence-electron chi connectivity index (χ4n) is 1.36. The molecule has 5 nitrogen and oxygen atoms in total. The van der Waals surface area contributed by atoms with Crippen molar-refractivity contribution in [2.75, 3.05) is 17.6 Å². The van der Waals surface area contributed by atoms with Crippen LogP contribution in [-0.2, 0) is 0 Å². The molecule has 16 heavy (non-hydrogen) atoms. The highest BCUT2D eigenvalue weighted by Gasteiger charge is 2.09. The molecule has 2 aromatic rings. The number of anilines is 1. The molecule has 86 valence electrons. The van der Waals surface area contributed by atoms with E-state index in [-0.39, 0.29) is 0 Å². The number of aromatic amines is 1. The predicted octanol–water partition coefficient (Wildman–Crippen LogP) is 2.29. The Hall–Kier alpha value is -1.30. The van der Waals surface area contributed by atoms with Crippen molar-refractivity contribution in [1.82, 2.24) is 19.9 Å². The summed E-state index contributed by atoms with van der Waals surface area (Å²) in [5.41, 5.74) is 1.65. The van der Waals surface area contributed by atoms with Crippen molar-refractivity contribution in [3.8, 4) is 0 Å². The van der Waals surface area contributed by atoms with Gasteiger partial charge in [-0.25, -0.2) is 9.97 Å². The second-order valence-corrected chi connectivity index (χ2v) is 4.57. The first-order valence-electron chi connectivity index (χ1n) is 5.43. The average Bonchev–Trinajstić information content (AvgIpc) is 2.75. The summed E-state index contributed by atoms with van der Waals surface area (Å²) in [5, 5.41) is 4.15. The van der Waals surface area contributed by atoms with E-state index in [1.54, 1.807) is 18.1 Å². The number of imidazole rings is 1. The number of hydrogen-bond donors (Lipinski definition) is 2. The lowest BCUT2D eigenvalue weighted by atomic mass is 10.5. The Bertz CT molecular complexity index is 467. The minimum absolute atomic E-state index is 0.664. The van der Waals surface area contributed by atoms with E-state index in [1.165, 1.54) is 0 Å². The topological polar surface area (TPSA) is 66.5 Å². The Labute approximate surface area is 98.5 Å². The summed E-state index contributed by atoms with van der Waals surface area (Å²) < 4.78 is 0. The van der Waals surface area contributed by atoms with E-state index in [9.17, 15) is 0 Å². The fourth-order valence-corrected chi connectivity index (χ4v) is 2.08. The van der Waals surface area contributed by atoms with Crippen molar-refractivity contribution < 1.29 is 0 Å². The Morgan fingerprint density at radius 2 is 2.25 bits per heavy atom. The molecule has 2 aromatic heterocycles. The van der Waals surface area contributed by atoms with Crippen LogP contribution in [0.4, 0.5) is 5.95 Å². The highest BCUT2D eigenvalue weighted by Crippen LogP contribution is 2.23. The molecular formula is C10H15N5S. The molecule has 0 aliphatic rings. The van der Waals surface area contributed by atoms with Crippen LogP contribution < -0.4 is 5.32 Å². The third kappa shape index (κ3) is 2.27. The van der Waals surface area contributed by atoms with Crippen LogP contribution in [0.3, 0.4) is 0 Å². The van der Waals surface area contributed by atoms with Gasteiger partial charge in [0.1, 0.15) is 10.5 Å². The smallest absolute Gasteiger partial charge is 0.225 e. The number of aromatic nitrogens is 4. The molecule has 0 spiro atoms. The van der Waals surface area contributed by atoms with Gasteiger partial charge in [-0.05, 0) is 12.2 Å². The average molecular weight is 237 g/mol. The zero-order valence-corrected chi connectivity index (χ0v) is 10.3. The largest absolute Gasteiger partial charge is 0.354 e. The number of fused-ring (bicyclic) bond motifs is 1. The highest BCUT2D eigenvalue weighted by atomic mass is 32.2. The third-order valence-corrected chi connectivity index (χ3v) is 2.92. The SMILES string of the molecule is CCCNc1nc(SCC)c2[nH]cnc2n1. The molecular weight excluding hydrogens is 222 g/mol. The molecule has 0 saturated heterocycles. The van der Waals surface area contributed by atoms with Gasteiger partial charge in [-0.1, -0.05) is 13.8 Å². The first kappa shape index (κ1) is 11.2. The van der Waals surface area contributed by atoms with Crippen molar-refractivity contribution in [3.05, 3.63) is 6.33 Å². The van der Waals surface area contributed by atoms with E-state index in [1.807, 2.05) is 0 Å². The van der Waals surface area contributed by atoms with Crippen molar-refractivity contribution >= 4 is 28.9 Å². The summed E-state index contributed by atoms with van der Waals surface area (Å²) in [6.45, 7) is 5.10. The van der Waals surface area contributed by atoms with Gasteiger partial charge in [-0.2, -0.15) is 4.98 Å².